The standard InChI is InChI=1S/C36H39Cl2N3O4S/c1-25-14-20-30(21-15-25)46(44,45)41(32-13-9-12-31(38)26(32)2)24-34(42)40(23-28-16-18-29(37)19-17-28)33(35(43)39-36(3,4)5)22-27-10-7-6-8-11-27/h6-21,33H,22-24H2,1-5H3,(H,39,43). The van der Waals surface area contributed by atoms with E-state index in [9.17, 15) is 18.0 Å². The maximum absolute atomic E-state index is 14.6. The molecule has 2 amide bonds. The van der Waals surface area contributed by atoms with Crippen LogP contribution in [0.4, 0.5) is 5.69 Å². The van der Waals surface area contributed by atoms with Gasteiger partial charge in [0, 0.05) is 28.5 Å². The number of hydrogen-bond donors (Lipinski definition) is 1. The minimum absolute atomic E-state index is 0.0286. The first-order chi connectivity index (χ1) is 21.7. The molecule has 0 fully saturated rings. The molecule has 4 aromatic rings. The number of anilines is 1. The summed E-state index contributed by atoms with van der Waals surface area (Å²) in [5, 5.41) is 3.92. The summed E-state index contributed by atoms with van der Waals surface area (Å²) in [5.41, 5.74) is 2.66. The summed E-state index contributed by atoms with van der Waals surface area (Å²) in [5.74, 6) is -0.916. The van der Waals surface area contributed by atoms with Crippen LogP contribution < -0.4 is 9.62 Å². The summed E-state index contributed by atoms with van der Waals surface area (Å²) in [6, 6.07) is 26.8. The first-order valence-corrected chi connectivity index (χ1v) is 17.1. The van der Waals surface area contributed by atoms with Crippen molar-refractivity contribution in [3.05, 3.63) is 129 Å². The Morgan fingerprint density at radius 1 is 0.804 bits per heavy atom. The number of halogens is 2. The molecule has 10 heteroatoms. The van der Waals surface area contributed by atoms with Crippen LogP contribution in [0.3, 0.4) is 0 Å². The first kappa shape index (κ1) is 35.0. The number of sulfonamides is 1. The highest BCUT2D eigenvalue weighted by Gasteiger charge is 2.36. The van der Waals surface area contributed by atoms with Crippen molar-refractivity contribution < 1.29 is 18.0 Å². The monoisotopic (exact) mass is 679 g/mol. The van der Waals surface area contributed by atoms with Gasteiger partial charge in [-0.25, -0.2) is 8.42 Å². The van der Waals surface area contributed by atoms with Crippen molar-refractivity contribution >= 4 is 50.7 Å². The SMILES string of the molecule is Cc1ccc(S(=O)(=O)N(CC(=O)N(Cc2ccc(Cl)cc2)C(Cc2ccccc2)C(=O)NC(C)(C)C)c2cccc(Cl)c2C)cc1. The minimum atomic E-state index is -4.24. The molecule has 4 rings (SSSR count). The van der Waals surface area contributed by atoms with Crippen molar-refractivity contribution in [2.24, 2.45) is 0 Å². The second-order valence-electron chi connectivity index (χ2n) is 12.3. The molecule has 0 spiro atoms. The van der Waals surface area contributed by atoms with Gasteiger partial charge in [0.05, 0.1) is 10.6 Å². The quantitative estimate of drug-likeness (QED) is 0.179. The lowest BCUT2D eigenvalue weighted by Crippen LogP contribution is -2.56. The zero-order valence-corrected chi connectivity index (χ0v) is 29.0. The number of nitrogens with zero attached hydrogens (tertiary/aromatic N) is 2. The van der Waals surface area contributed by atoms with Gasteiger partial charge in [0.15, 0.2) is 0 Å². The lowest BCUT2D eigenvalue weighted by Gasteiger charge is -2.35. The average molecular weight is 681 g/mol. The predicted octanol–water partition coefficient (Wildman–Crippen LogP) is 7.36. The van der Waals surface area contributed by atoms with E-state index in [4.69, 9.17) is 23.2 Å². The van der Waals surface area contributed by atoms with Crippen LogP contribution in [0.15, 0.2) is 102 Å². The molecule has 1 unspecified atom stereocenters. The van der Waals surface area contributed by atoms with Crippen molar-refractivity contribution in [1.29, 1.82) is 0 Å². The van der Waals surface area contributed by atoms with Crippen LogP contribution in [0.1, 0.15) is 43.0 Å². The van der Waals surface area contributed by atoms with E-state index in [1.807, 2.05) is 58.0 Å². The highest BCUT2D eigenvalue weighted by atomic mass is 35.5. The molecule has 0 aliphatic heterocycles. The molecule has 0 bridgehead atoms. The van der Waals surface area contributed by atoms with Crippen LogP contribution in [0.5, 0.6) is 0 Å². The number of rotatable bonds is 11. The van der Waals surface area contributed by atoms with Crippen molar-refractivity contribution in [3.8, 4) is 0 Å². The molecule has 1 atom stereocenters. The van der Waals surface area contributed by atoms with E-state index in [2.05, 4.69) is 5.32 Å². The maximum atomic E-state index is 14.6. The third-order valence-electron chi connectivity index (χ3n) is 7.43. The van der Waals surface area contributed by atoms with E-state index in [0.717, 1.165) is 21.0 Å². The molecule has 0 aliphatic carbocycles. The number of hydrogen-bond acceptors (Lipinski definition) is 4. The normalized spacial score (nSPS) is 12.3. The van der Waals surface area contributed by atoms with Crippen molar-refractivity contribution in [2.45, 2.75) is 64.1 Å². The summed E-state index contributed by atoms with van der Waals surface area (Å²) < 4.78 is 29.6. The lowest BCUT2D eigenvalue weighted by molar-refractivity contribution is -0.140. The van der Waals surface area contributed by atoms with Crippen LogP contribution in [0.25, 0.3) is 0 Å². The fourth-order valence-corrected chi connectivity index (χ4v) is 6.78. The Kier molecular flexibility index (Phi) is 11.2. The van der Waals surface area contributed by atoms with Gasteiger partial charge in [-0.15, -0.1) is 0 Å². The van der Waals surface area contributed by atoms with Gasteiger partial charge < -0.3 is 10.2 Å². The second-order valence-corrected chi connectivity index (χ2v) is 15.0. The van der Waals surface area contributed by atoms with Gasteiger partial charge in [-0.05, 0) is 87.7 Å². The van der Waals surface area contributed by atoms with E-state index in [-0.39, 0.29) is 29.5 Å². The molecular formula is C36H39Cl2N3O4S. The third kappa shape index (κ3) is 8.90. The summed E-state index contributed by atoms with van der Waals surface area (Å²) in [7, 11) is -4.24. The van der Waals surface area contributed by atoms with Gasteiger partial charge in [-0.2, -0.15) is 0 Å². The molecule has 0 aliphatic rings. The smallest absolute Gasteiger partial charge is 0.264 e. The fraction of sp³-hybridized carbons (Fsp3) is 0.278. The molecular weight excluding hydrogens is 641 g/mol. The number of benzene rings is 4. The van der Waals surface area contributed by atoms with E-state index in [0.29, 0.717) is 15.6 Å². The highest BCUT2D eigenvalue weighted by molar-refractivity contribution is 7.92. The number of aryl methyl sites for hydroxylation is 1. The number of amides is 2. The van der Waals surface area contributed by atoms with Gasteiger partial charge in [0.2, 0.25) is 11.8 Å². The first-order valence-electron chi connectivity index (χ1n) is 14.9. The van der Waals surface area contributed by atoms with Crippen LogP contribution in [0, 0.1) is 13.8 Å². The maximum Gasteiger partial charge on any atom is 0.264 e. The van der Waals surface area contributed by atoms with Gasteiger partial charge in [-0.1, -0.05) is 89.4 Å². The Morgan fingerprint density at radius 2 is 1.43 bits per heavy atom. The van der Waals surface area contributed by atoms with Crippen molar-refractivity contribution in [3.63, 3.8) is 0 Å². The van der Waals surface area contributed by atoms with E-state index >= 15 is 0 Å². The summed E-state index contributed by atoms with van der Waals surface area (Å²) in [4.78, 5) is 30.1. The van der Waals surface area contributed by atoms with Crippen LogP contribution >= 0.6 is 23.2 Å². The Morgan fingerprint density at radius 3 is 2.04 bits per heavy atom. The largest absolute Gasteiger partial charge is 0.350 e. The van der Waals surface area contributed by atoms with Crippen LogP contribution in [-0.4, -0.2) is 43.3 Å². The Bertz CT molecular complexity index is 1770. The minimum Gasteiger partial charge on any atom is -0.350 e. The molecule has 0 radical (unpaired) electrons. The fourth-order valence-electron chi connectivity index (χ4n) is 5.01. The molecule has 46 heavy (non-hydrogen) atoms. The highest BCUT2D eigenvalue weighted by Crippen LogP contribution is 2.31. The Labute approximate surface area is 282 Å². The van der Waals surface area contributed by atoms with Crippen molar-refractivity contribution in [1.82, 2.24) is 10.2 Å². The Balaban J connectivity index is 1.84. The average Bonchev–Trinajstić information content (AvgIpc) is 3.00. The van der Waals surface area contributed by atoms with E-state index < -0.39 is 34.1 Å². The molecule has 4 aromatic carbocycles. The Hall–Kier alpha value is -3.85. The molecule has 1 N–H and O–H groups in total. The van der Waals surface area contributed by atoms with Crippen LogP contribution in [0.2, 0.25) is 10.0 Å². The van der Waals surface area contributed by atoms with Gasteiger partial charge >= 0.3 is 0 Å². The molecule has 0 saturated carbocycles. The summed E-state index contributed by atoms with van der Waals surface area (Å²) >= 11 is 12.6. The molecule has 0 aromatic heterocycles. The van der Waals surface area contributed by atoms with Gasteiger partial charge in [-0.3, -0.25) is 13.9 Å². The molecule has 0 heterocycles. The lowest BCUT2D eigenvalue weighted by atomic mass is 10.0. The van der Waals surface area contributed by atoms with Crippen LogP contribution in [-0.2, 0) is 32.6 Å². The second kappa shape index (κ2) is 14.7. The topological polar surface area (TPSA) is 86.8 Å². The number of nitrogens with one attached hydrogen (secondary N) is 1. The number of carbonyl (C=O) groups excluding carboxylic acids is 2. The van der Waals surface area contributed by atoms with Crippen molar-refractivity contribution in [2.75, 3.05) is 10.8 Å². The molecule has 242 valence electrons. The van der Waals surface area contributed by atoms with Gasteiger partial charge in [0.1, 0.15) is 12.6 Å². The van der Waals surface area contributed by atoms with Gasteiger partial charge in [0.25, 0.3) is 10.0 Å². The molecule has 0 saturated heterocycles. The predicted molar refractivity (Wildman–Crippen MR) is 186 cm³/mol. The zero-order valence-electron chi connectivity index (χ0n) is 26.6. The summed E-state index contributed by atoms with van der Waals surface area (Å²) in [6.07, 6.45) is 0.211. The zero-order chi connectivity index (χ0) is 33.6. The van der Waals surface area contributed by atoms with E-state index in [1.54, 1.807) is 61.5 Å². The molecule has 7 nitrogen and oxygen atoms in total. The third-order valence-corrected chi connectivity index (χ3v) is 9.87. The number of carbonyl (C=O) groups is 2. The van der Waals surface area contributed by atoms with E-state index in [1.165, 1.54) is 17.0 Å². The summed E-state index contributed by atoms with van der Waals surface area (Å²) in [6.45, 7) is 8.65.